The summed E-state index contributed by atoms with van der Waals surface area (Å²) in [4.78, 5) is 14.9. The number of aromatic nitrogens is 1. The summed E-state index contributed by atoms with van der Waals surface area (Å²) in [6.07, 6.45) is 2.57. The van der Waals surface area contributed by atoms with Gasteiger partial charge in [0.15, 0.2) is 5.78 Å². The Morgan fingerprint density at radius 1 is 1.30 bits per heavy atom. The van der Waals surface area contributed by atoms with E-state index in [9.17, 15) is 13.2 Å². The maximum atomic E-state index is 12.2. The van der Waals surface area contributed by atoms with Crippen LogP contribution in [-0.4, -0.2) is 19.2 Å². The molecule has 0 unspecified atom stereocenters. The van der Waals surface area contributed by atoms with Gasteiger partial charge in [0, 0.05) is 23.6 Å². The van der Waals surface area contributed by atoms with Gasteiger partial charge in [-0.1, -0.05) is 23.7 Å². The van der Waals surface area contributed by atoms with Crippen molar-refractivity contribution in [1.29, 1.82) is 0 Å². The van der Waals surface area contributed by atoms with E-state index in [1.807, 2.05) is 0 Å². The molecule has 0 atom stereocenters. The van der Waals surface area contributed by atoms with Gasteiger partial charge >= 0.3 is 0 Å². The lowest BCUT2D eigenvalue weighted by atomic mass is 10.1. The maximum Gasteiger partial charge on any atom is 0.264 e. The van der Waals surface area contributed by atoms with Crippen molar-refractivity contribution in [3.05, 3.63) is 53.3 Å². The Labute approximate surface area is 121 Å². The fourth-order valence-corrected chi connectivity index (χ4v) is 3.05. The topological polar surface area (TPSA) is 76.1 Å². The third kappa shape index (κ3) is 3.15. The van der Waals surface area contributed by atoms with Crippen molar-refractivity contribution in [3.8, 4) is 0 Å². The molecule has 0 radical (unpaired) electrons. The molecule has 2 aromatic rings. The summed E-state index contributed by atoms with van der Waals surface area (Å²) in [5, 5.41) is 0.0789. The van der Waals surface area contributed by atoms with E-state index >= 15 is 0 Å². The number of pyridine rings is 1. The third-order valence-corrected chi connectivity index (χ3v) is 4.40. The van der Waals surface area contributed by atoms with Gasteiger partial charge < -0.3 is 0 Å². The minimum absolute atomic E-state index is 0.0789. The van der Waals surface area contributed by atoms with E-state index in [2.05, 4.69) is 9.71 Å². The zero-order valence-corrected chi connectivity index (χ0v) is 12.1. The van der Waals surface area contributed by atoms with Gasteiger partial charge in [0.25, 0.3) is 10.0 Å². The number of hydrogen-bond donors (Lipinski definition) is 1. The second-order valence-electron chi connectivity index (χ2n) is 4.05. The van der Waals surface area contributed by atoms with Gasteiger partial charge in [-0.25, -0.2) is 8.42 Å². The summed E-state index contributed by atoms with van der Waals surface area (Å²) in [7, 11) is -3.84. The zero-order chi connectivity index (χ0) is 14.8. The Morgan fingerprint density at radius 2 is 2.05 bits per heavy atom. The number of ketones is 1. The Bertz CT molecular complexity index is 760. The van der Waals surface area contributed by atoms with Crippen LogP contribution in [0.1, 0.15) is 17.3 Å². The number of anilines is 1. The summed E-state index contributed by atoms with van der Waals surface area (Å²) < 4.78 is 26.7. The molecule has 0 saturated carbocycles. The number of carbonyl (C=O) groups excluding carboxylic acids is 1. The van der Waals surface area contributed by atoms with Gasteiger partial charge in [0.1, 0.15) is 4.90 Å². The van der Waals surface area contributed by atoms with E-state index in [4.69, 9.17) is 11.6 Å². The standard InChI is InChI=1S/C13H11ClN2O3S/c1-9(17)10-3-2-4-11(7-10)16-20(18,19)13-8-15-6-5-12(13)14/h2-8,16H,1H3. The molecule has 104 valence electrons. The van der Waals surface area contributed by atoms with Crippen LogP contribution in [0.5, 0.6) is 0 Å². The van der Waals surface area contributed by atoms with E-state index in [-0.39, 0.29) is 21.4 Å². The molecule has 1 N–H and O–H groups in total. The number of benzene rings is 1. The molecule has 7 heteroatoms. The molecule has 0 aliphatic heterocycles. The van der Waals surface area contributed by atoms with Crippen molar-refractivity contribution in [2.45, 2.75) is 11.8 Å². The van der Waals surface area contributed by atoms with Crippen LogP contribution in [0.15, 0.2) is 47.6 Å². The minimum atomic E-state index is -3.84. The number of nitrogens with zero attached hydrogens (tertiary/aromatic N) is 1. The van der Waals surface area contributed by atoms with Gasteiger partial charge in [-0.3, -0.25) is 14.5 Å². The van der Waals surface area contributed by atoms with Crippen LogP contribution in [-0.2, 0) is 10.0 Å². The summed E-state index contributed by atoms with van der Waals surface area (Å²) >= 11 is 5.84. The van der Waals surface area contributed by atoms with Crippen LogP contribution in [0.2, 0.25) is 5.02 Å². The Hall–Kier alpha value is -1.92. The van der Waals surface area contributed by atoms with Crippen molar-refractivity contribution in [1.82, 2.24) is 4.98 Å². The van der Waals surface area contributed by atoms with Gasteiger partial charge in [-0.05, 0) is 25.1 Å². The highest BCUT2D eigenvalue weighted by Crippen LogP contribution is 2.22. The van der Waals surface area contributed by atoms with Crippen molar-refractivity contribution >= 4 is 33.1 Å². The highest BCUT2D eigenvalue weighted by molar-refractivity contribution is 7.92. The van der Waals surface area contributed by atoms with Crippen LogP contribution < -0.4 is 4.72 Å². The van der Waals surface area contributed by atoms with Crippen molar-refractivity contribution in [3.63, 3.8) is 0 Å². The van der Waals surface area contributed by atoms with E-state index in [1.54, 1.807) is 18.2 Å². The number of rotatable bonds is 4. The summed E-state index contributed by atoms with van der Waals surface area (Å²) in [6, 6.07) is 7.61. The molecule has 0 amide bonds. The van der Waals surface area contributed by atoms with Gasteiger partial charge in [0.05, 0.1) is 5.02 Å². The molecule has 0 saturated heterocycles. The average molecular weight is 311 g/mol. The number of halogens is 1. The SMILES string of the molecule is CC(=O)c1cccc(NS(=O)(=O)c2cnccc2Cl)c1. The lowest BCUT2D eigenvalue weighted by Gasteiger charge is -2.09. The predicted octanol–water partition coefficient (Wildman–Crippen LogP) is 2.74. The maximum absolute atomic E-state index is 12.2. The third-order valence-electron chi connectivity index (χ3n) is 2.54. The molecule has 5 nitrogen and oxygen atoms in total. The van der Waals surface area contributed by atoms with E-state index < -0.39 is 10.0 Å². The molecule has 20 heavy (non-hydrogen) atoms. The van der Waals surface area contributed by atoms with Crippen LogP contribution in [0.25, 0.3) is 0 Å². The molecule has 0 aliphatic rings. The second-order valence-corrected chi connectivity index (χ2v) is 6.11. The van der Waals surface area contributed by atoms with Gasteiger partial charge in [-0.15, -0.1) is 0 Å². The normalized spacial score (nSPS) is 11.1. The number of carbonyl (C=O) groups is 1. The van der Waals surface area contributed by atoms with Crippen molar-refractivity contribution < 1.29 is 13.2 Å². The van der Waals surface area contributed by atoms with E-state index in [0.29, 0.717) is 5.56 Å². The fourth-order valence-electron chi connectivity index (χ4n) is 1.57. The molecular weight excluding hydrogens is 300 g/mol. The summed E-state index contributed by atoms with van der Waals surface area (Å²) in [5.41, 5.74) is 0.708. The first-order chi connectivity index (χ1) is 9.40. The summed E-state index contributed by atoms with van der Waals surface area (Å²) in [6.45, 7) is 1.41. The number of hydrogen-bond acceptors (Lipinski definition) is 4. The van der Waals surface area contributed by atoms with E-state index in [1.165, 1.54) is 31.5 Å². The first-order valence-electron chi connectivity index (χ1n) is 5.63. The lowest BCUT2D eigenvalue weighted by molar-refractivity contribution is 0.101. The molecule has 1 aromatic carbocycles. The second kappa shape index (κ2) is 5.60. The number of nitrogens with one attached hydrogen (secondary N) is 1. The molecule has 0 aliphatic carbocycles. The lowest BCUT2D eigenvalue weighted by Crippen LogP contribution is -2.14. The molecule has 2 rings (SSSR count). The number of sulfonamides is 1. The zero-order valence-electron chi connectivity index (χ0n) is 10.5. The summed E-state index contributed by atoms with van der Waals surface area (Å²) in [5.74, 6) is -0.148. The molecule has 1 heterocycles. The van der Waals surface area contributed by atoms with Crippen LogP contribution in [0, 0.1) is 0 Å². The molecule has 0 spiro atoms. The van der Waals surface area contributed by atoms with Gasteiger partial charge in [0.2, 0.25) is 0 Å². The monoisotopic (exact) mass is 310 g/mol. The quantitative estimate of drug-likeness (QED) is 0.881. The molecule has 0 fully saturated rings. The molecule has 0 bridgehead atoms. The first-order valence-corrected chi connectivity index (χ1v) is 7.49. The largest absolute Gasteiger partial charge is 0.295 e. The van der Waals surface area contributed by atoms with E-state index in [0.717, 1.165) is 0 Å². The minimum Gasteiger partial charge on any atom is -0.295 e. The first kappa shape index (κ1) is 14.5. The Morgan fingerprint density at radius 3 is 2.70 bits per heavy atom. The van der Waals surface area contributed by atoms with Crippen molar-refractivity contribution in [2.24, 2.45) is 0 Å². The van der Waals surface area contributed by atoms with Crippen LogP contribution >= 0.6 is 11.6 Å². The molecular formula is C13H11ClN2O3S. The smallest absolute Gasteiger partial charge is 0.264 e. The van der Waals surface area contributed by atoms with Crippen LogP contribution in [0.4, 0.5) is 5.69 Å². The van der Waals surface area contributed by atoms with Crippen LogP contribution in [0.3, 0.4) is 0 Å². The van der Waals surface area contributed by atoms with Gasteiger partial charge in [-0.2, -0.15) is 0 Å². The predicted molar refractivity (Wildman–Crippen MR) is 76.5 cm³/mol. The average Bonchev–Trinajstić information content (AvgIpc) is 2.38. The highest BCUT2D eigenvalue weighted by Gasteiger charge is 2.18. The molecule has 1 aromatic heterocycles. The highest BCUT2D eigenvalue weighted by atomic mass is 35.5. The fraction of sp³-hybridized carbons (Fsp3) is 0.0769. The Balaban J connectivity index is 2.36. The van der Waals surface area contributed by atoms with Crippen molar-refractivity contribution in [2.75, 3.05) is 4.72 Å². The Kier molecular flexibility index (Phi) is 4.06. The number of Topliss-reactive ketones (excluding diaryl/α,β-unsaturated/α-hetero) is 1.